The average molecular weight is 222 g/mol. The third-order valence-electron chi connectivity index (χ3n) is 2.21. The summed E-state index contributed by atoms with van der Waals surface area (Å²) >= 11 is 0. The van der Waals surface area contributed by atoms with E-state index in [1.54, 1.807) is 18.1 Å². The van der Waals surface area contributed by atoms with Gasteiger partial charge in [-0.2, -0.15) is 4.98 Å². The number of hydrogen-bond acceptors (Lipinski definition) is 5. The fourth-order valence-electron chi connectivity index (χ4n) is 1.36. The van der Waals surface area contributed by atoms with Crippen LogP contribution in [0.5, 0.6) is 6.01 Å². The number of hydrogen-bond donors (Lipinski definition) is 1. The normalized spacial score (nSPS) is 10.7. The SMILES string of the molecule is Cc1oc(CN)cc1COc1ncn(C)n1. The largest absolute Gasteiger partial charge is 0.465 e. The molecule has 0 aliphatic heterocycles. The first kappa shape index (κ1) is 10.7. The highest BCUT2D eigenvalue weighted by molar-refractivity contribution is 5.20. The van der Waals surface area contributed by atoms with Crippen LogP contribution < -0.4 is 10.5 Å². The number of furan rings is 1. The predicted molar refractivity (Wildman–Crippen MR) is 56.7 cm³/mol. The van der Waals surface area contributed by atoms with E-state index in [1.807, 2.05) is 13.0 Å². The van der Waals surface area contributed by atoms with Crippen molar-refractivity contribution in [2.45, 2.75) is 20.1 Å². The van der Waals surface area contributed by atoms with Crippen LogP contribution in [0, 0.1) is 6.92 Å². The molecule has 2 aromatic heterocycles. The standard InChI is InChI=1S/C10H14N4O2/c1-7-8(3-9(4-11)16-7)5-15-10-12-6-14(2)13-10/h3,6H,4-5,11H2,1-2H3. The van der Waals surface area contributed by atoms with Gasteiger partial charge in [0.25, 0.3) is 0 Å². The molecule has 0 atom stereocenters. The van der Waals surface area contributed by atoms with Crippen LogP contribution in [0.25, 0.3) is 0 Å². The molecule has 0 unspecified atom stereocenters. The maximum Gasteiger partial charge on any atom is 0.335 e. The van der Waals surface area contributed by atoms with Crippen LogP contribution >= 0.6 is 0 Å². The highest BCUT2D eigenvalue weighted by atomic mass is 16.5. The first-order valence-electron chi connectivity index (χ1n) is 4.95. The molecular weight excluding hydrogens is 208 g/mol. The van der Waals surface area contributed by atoms with Crippen LogP contribution in [0.2, 0.25) is 0 Å². The number of rotatable bonds is 4. The molecule has 0 aromatic carbocycles. The number of nitrogens with zero attached hydrogens (tertiary/aromatic N) is 3. The van der Waals surface area contributed by atoms with Gasteiger partial charge in [-0.1, -0.05) is 0 Å². The molecule has 86 valence electrons. The van der Waals surface area contributed by atoms with Crippen LogP contribution in [-0.4, -0.2) is 14.8 Å². The Morgan fingerprint density at radius 3 is 2.94 bits per heavy atom. The molecule has 0 saturated carbocycles. The Labute approximate surface area is 93.0 Å². The summed E-state index contributed by atoms with van der Waals surface area (Å²) in [5.41, 5.74) is 6.45. The van der Waals surface area contributed by atoms with Gasteiger partial charge >= 0.3 is 6.01 Å². The van der Waals surface area contributed by atoms with Crippen molar-refractivity contribution in [3.63, 3.8) is 0 Å². The summed E-state index contributed by atoms with van der Waals surface area (Å²) in [5.74, 6) is 1.57. The van der Waals surface area contributed by atoms with E-state index in [0.29, 0.717) is 19.2 Å². The quantitative estimate of drug-likeness (QED) is 0.825. The van der Waals surface area contributed by atoms with Crippen molar-refractivity contribution in [2.24, 2.45) is 12.8 Å². The highest BCUT2D eigenvalue weighted by Gasteiger charge is 2.08. The average Bonchev–Trinajstić information content (AvgIpc) is 2.82. The third kappa shape index (κ3) is 2.22. The fourth-order valence-corrected chi connectivity index (χ4v) is 1.36. The Kier molecular flexibility index (Phi) is 2.91. The maximum atomic E-state index is 5.48. The van der Waals surface area contributed by atoms with Crippen LogP contribution in [0.1, 0.15) is 17.1 Å². The summed E-state index contributed by atoms with van der Waals surface area (Å²) in [7, 11) is 1.79. The van der Waals surface area contributed by atoms with E-state index in [-0.39, 0.29) is 0 Å². The van der Waals surface area contributed by atoms with Crippen molar-refractivity contribution < 1.29 is 9.15 Å². The maximum absolute atomic E-state index is 5.48. The number of nitrogens with two attached hydrogens (primary N) is 1. The minimum Gasteiger partial charge on any atom is -0.465 e. The van der Waals surface area contributed by atoms with Gasteiger partial charge in [-0.05, 0) is 13.0 Å². The highest BCUT2D eigenvalue weighted by Crippen LogP contribution is 2.15. The molecule has 16 heavy (non-hydrogen) atoms. The summed E-state index contributed by atoms with van der Waals surface area (Å²) in [6, 6.07) is 2.25. The lowest BCUT2D eigenvalue weighted by Gasteiger charge is -1.98. The van der Waals surface area contributed by atoms with Crippen LogP contribution in [-0.2, 0) is 20.2 Å². The van der Waals surface area contributed by atoms with E-state index in [4.69, 9.17) is 14.9 Å². The van der Waals surface area contributed by atoms with Crippen molar-refractivity contribution in [3.8, 4) is 6.01 Å². The molecule has 0 spiro atoms. The summed E-state index contributed by atoms with van der Waals surface area (Å²) < 4.78 is 12.4. The topological polar surface area (TPSA) is 79.1 Å². The first-order chi connectivity index (χ1) is 7.69. The molecule has 0 aliphatic rings. The van der Waals surface area contributed by atoms with Crippen LogP contribution in [0.4, 0.5) is 0 Å². The van der Waals surface area contributed by atoms with Gasteiger partial charge in [-0.25, -0.2) is 0 Å². The van der Waals surface area contributed by atoms with E-state index in [2.05, 4.69) is 10.1 Å². The smallest absolute Gasteiger partial charge is 0.335 e. The third-order valence-corrected chi connectivity index (χ3v) is 2.21. The van der Waals surface area contributed by atoms with Crippen molar-refractivity contribution >= 4 is 0 Å². The zero-order chi connectivity index (χ0) is 11.5. The van der Waals surface area contributed by atoms with Crippen molar-refractivity contribution in [3.05, 3.63) is 29.5 Å². The summed E-state index contributed by atoms with van der Waals surface area (Å²) in [6.45, 7) is 2.66. The molecule has 0 radical (unpaired) electrons. The van der Waals surface area contributed by atoms with E-state index in [1.165, 1.54) is 0 Å². The second kappa shape index (κ2) is 4.36. The van der Waals surface area contributed by atoms with Gasteiger partial charge in [0.1, 0.15) is 24.5 Å². The summed E-state index contributed by atoms with van der Waals surface area (Å²) in [5, 5.41) is 4.01. The lowest BCUT2D eigenvalue weighted by molar-refractivity contribution is 0.277. The molecule has 2 aromatic rings. The molecule has 2 N–H and O–H groups in total. The zero-order valence-electron chi connectivity index (χ0n) is 9.30. The molecule has 0 bridgehead atoms. The molecule has 0 fully saturated rings. The molecule has 2 heterocycles. The molecule has 0 saturated heterocycles. The molecular formula is C10H14N4O2. The molecule has 0 aliphatic carbocycles. The Bertz CT molecular complexity index is 475. The zero-order valence-corrected chi connectivity index (χ0v) is 9.30. The van der Waals surface area contributed by atoms with Gasteiger partial charge < -0.3 is 14.9 Å². The number of aromatic nitrogens is 3. The Morgan fingerprint density at radius 1 is 1.56 bits per heavy atom. The van der Waals surface area contributed by atoms with Gasteiger partial charge in [-0.15, -0.1) is 5.10 Å². The Hall–Kier alpha value is -1.82. The van der Waals surface area contributed by atoms with Gasteiger partial charge in [0, 0.05) is 12.6 Å². The van der Waals surface area contributed by atoms with E-state index in [0.717, 1.165) is 17.1 Å². The molecule has 6 nitrogen and oxygen atoms in total. The van der Waals surface area contributed by atoms with Gasteiger partial charge in [0.15, 0.2) is 0 Å². The lowest BCUT2D eigenvalue weighted by atomic mass is 10.2. The van der Waals surface area contributed by atoms with Crippen molar-refractivity contribution in [1.29, 1.82) is 0 Å². The lowest BCUT2D eigenvalue weighted by Crippen LogP contribution is -1.98. The first-order valence-corrected chi connectivity index (χ1v) is 4.95. The minimum absolute atomic E-state index is 0.359. The number of aryl methyl sites for hydroxylation is 2. The molecule has 2 rings (SSSR count). The monoisotopic (exact) mass is 222 g/mol. The number of ether oxygens (including phenoxy) is 1. The van der Waals surface area contributed by atoms with Crippen molar-refractivity contribution in [2.75, 3.05) is 0 Å². The molecule has 0 amide bonds. The van der Waals surface area contributed by atoms with E-state index in [9.17, 15) is 0 Å². The minimum atomic E-state index is 0.359. The molecule has 6 heteroatoms. The van der Waals surface area contributed by atoms with E-state index < -0.39 is 0 Å². The van der Waals surface area contributed by atoms with Crippen LogP contribution in [0.3, 0.4) is 0 Å². The second-order valence-electron chi connectivity index (χ2n) is 3.49. The Morgan fingerprint density at radius 2 is 2.38 bits per heavy atom. The second-order valence-corrected chi connectivity index (χ2v) is 3.49. The van der Waals surface area contributed by atoms with E-state index >= 15 is 0 Å². The summed E-state index contributed by atoms with van der Waals surface area (Å²) in [6.07, 6.45) is 1.59. The van der Waals surface area contributed by atoms with Gasteiger partial charge in [0.05, 0.1) is 6.54 Å². The fraction of sp³-hybridized carbons (Fsp3) is 0.400. The van der Waals surface area contributed by atoms with Gasteiger partial charge in [0.2, 0.25) is 0 Å². The Balaban J connectivity index is 2.01. The summed E-state index contributed by atoms with van der Waals surface area (Å²) in [4.78, 5) is 3.96. The van der Waals surface area contributed by atoms with Crippen molar-refractivity contribution in [1.82, 2.24) is 14.8 Å². The van der Waals surface area contributed by atoms with Crippen LogP contribution in [0.15, 0.2) is 16.8 Å². The predicted octanol–water partition coefficient (Wildman–Crippen LogP) is 0.754. The van der Waals surface area contributed by atoms with Gasteiger partial charge in [-0.3, -0.25) is 4.68 Å².